The largest absolute Gasteiger partial charge is 0.497 e. The Bertz CT molecular complexity index is 693. The van der Waals surface area contributed by atoms with Gasteiger partial charge in [-0.15, -0.1) is 0 Å². The Morgan fingerprint density at radius 2 is 1.95 bits per heavy atom. The van der Waals surface area contributed by atoms with Gasteiger partial charge in [-0.1, -0.05) is 20.8 Å². The third-order valence-electron chi connectivity index (χ3n) is 3.01. The number of benzene rings is 1. The fourth-order valence-electron chi connectivity index (χ4n) is 1.90. The SMILES string of the molecule is COc1ccc2c(=O)c(C(=O)C(C)(C)C)c[nH]c2c1. The zero-order valence-electron chi connectivity index (χ0n) is 11.5. The average molecular weight is 259 g/mol. The summed E-state index contributed by atoms with van der Waals surface area (Å²) in [5.41, 5.74) is 0.0453. The van der Waals surface area contributed by atoms with E-state index in [1.807, 2.05) is 0 Å². The molecular formula is C15H17NO3. The Morgan fingerprint density at radius 1 is 1.26 bits per heavy atom. The van der Waals surface area contributed by atoms with Gasteiger partial charge in [-0.25, -0.2) is 0 Å². The Labute approximate surface area is 111 Å². The normalized spacial score (nSPS) is 11.6. The summed E-state index contributed by atoms with van der Waals surface area (Å²) >= 11 is 0. The maximum Gasteiger partial charge on any atom is 0.200 e. The number of fused-ring (bicyclic) bond motifs is 1. The molecule has 100 valence electrons. The molecule has 0 radical (unpaired) electrons. The van der Waals surface area contributed by atoms with Gasteiger partial charge in [-0.05, 0) is 12.1 Å². The number of ether oxygens (including phenoxy) is 1. The predicted molar refractivity (Wildman–Crippen MR) is 74.9 cm³/mol. The number of aromatic amines is 1. The van der Waals surface area contributed by atoms with Crippen LogP contribution >= 0.6 is 0 Å². The molecule has 1 heterocycles. The number of hydrogen-bond donors (Lipinski definition) is 1. The molecular weight excluding hydrogens is 242 g/mol. The highest BCUT2D eigenvalue weighted by Crippen LogP contribution is 2.21. The summed E-state index contributed by atoms with van der Waals surface area (Å²) in [6.07, 6.45) is 1.48. The smallest absolute Gasteiger partial charge is 0.200 e. The van der Waals surface area contributed by atoms with Crippen LogP contribution in [0.4, 0.5) is 0 Å². The third-order valence-corrected chi connectivity index (χ3v) is 3.01. The molecule has 0 atom stereocenters. The fraction of sp³-hybridized carbons (Fsp3) is 0.333. The number of rotatable bonds is 2. The maximum absolute atomic E-state index is 12.3. The van der Waals surface area contributed by atoms with Crippen LogP contribution in [-0.4, -0.2) is 17.9 Å². The van der Waals surface area contributed by atoms with E-state index in [0.29, 0.717) is 16.7 Å². The highest BCUT2D eigenvalue weighted by molar-refractivity contribution is 6.01. The van der Waals surface area contributed by atoms with Gasteiger partial charge >= 0.3 is 0 Å². The van der Waals surface area contributed by atoms with Crippen LogP contribution in [0.5, 0.6) is 5.75 Å². The van der Waals surface area contributed by atoms with Crippen molar-refractivity contribution in [2.24, 2.45) is 5.41 Å². The van der Waals surface area contributed by atoms with E-state index in [9.17, 15) is 9.59 Å². The molecule has 4 heteroatoms. The van der Waals surface area contributed by atoms with Gasteiger partial charge in [-0.3, -0.25) is 9.59 Å². The van der Waals surface area contributed by atoms with Crippen LogP contribution in [0.2, 0.25) is 0 Å². The van der Waals surface area contributed by atoms with E-state index < -0.39 is 5.41 Å². The maximum atomic E-state index is 12.3. The standard InChI is InChI=1S/C15H17NO3/c1-15(2,3)14(18)11-8-16-12-7-9(19-4)5-6-10(12)13(11)17/h5-8H,1-4H3,(H,16,17). The second-order valence-corrected chi connectivity index (χ2v) is 5.52. The highest BCUT2D eigenvalue weighted by Gasteiger charge is 2.25. The van der Waals surface area contributed by atoms with Gasteiger partial charge < -0.3 is 9.72 Å². The molecule has 2 rings (SSSR count). The summed E-state index contributed by atoms with van der Waals surface area (Å²) in [5, 5.41) is 0.496. The first-order chi connectivity index (χ1) is 8.84. The van der Waals surface area contributed by atoms with Crippen molar-refractivity contribution in [1.29, 1.82) is 0 Å². The minimum Gasteiger partial charge on any atom is -0.497 e. The number of ketones is 1. The van der Waals surface area contributed by atoms with Crippen LogP contribution in [0.25, 0.3) is 10.9 Å². The number of Topliss-reactive ketones (excluding diaryl/α,β-unsaturated/α-hetero) is 1. The first-order valence-corrected chi connectivity index (χ1v) is 6.09. The second kappa shape index (κ2) is 4.53. The van der Waals surface area contributed by atoms with E-state index in [-0.39, 0.29) is 16.8 Å². The number of aromatic nitrogens is 1. The van der Waals surface area contributed by atoms with Gasteiger partial charge in [0.05, 0.1) is 18.2 Å². The molecule has 0 bridgehead atoms. The molecule has 1 N–H and O–H groups in total. The van der Waals surface area contributed by atoms with Crippen LogP contribution in [0.3, 0.4) is 0 Å². The van der Waals surface area contributed by atoms with Gasteiger partial charge in [0.15, 0.2) is 11.2 Å². The molecule has 0 spiro atoms. The zero-order chi connectivity index (χ0) is 14.2. The van der Waals surface area contributed by atoms with E-state index in [0.717, 1.165) is 0 Å². The minimum absolute atomic E-state index is 0.161. The first-order valence-electron chi connectivity index (χ1n) is 6.09. The Hall–Kier alpha value is -2.10. The van der Waals surface area contributed by atoms with E-state index in [2.05, 4.69) is 4.98 Å². The van der Waals surface area contributed by atoms with Gasteiger partial charge in [0.2, 0.25) is 0 Å². The van der Waals surface area contributed by atoms with Crippen LogP contribution in [-0.2, 0) is 0 Å². The molecule has 0 aliphatic rings. The highest BCUT2D eigenvalue weighted by atomic mass is 16.5. The summed E-state index contributed by atoms with van der Waals surface area (Å²) < 4.78 is 5.11. The number of hydrogen-bond acceptors (Lipinski definition) is 3. The van der Waals surface area contributed by atoms with Crippen molar-refractivity contribution in [3.8, 4) is 5.75 Å². The lowest BCUT2D eigenvalue weighted by molar-refractivity contribution is 0.0857. The predicted octanol–water partition coefficient (Wildman–Crippen LogP) is 2.77. The van der Waals surface area contributed by atoms with Gasteiger partial charge in [0.1, 0.15) is 5.75 Å². The Kier molecular flexibility index (Phi) is 3.18. The molecule has 0 unspecified atom stereocenters. The van der Waals surface area contributed by atoms with Gasteiger partial charge in [-0.2, -0.15) is 0 Å². The summed E-state index contributed by atoms with van der Waals surface area (Å²) in [7, 11) is 1.57. The fourth-order valence-corrected chi connectivity index (χ4v) is 1.90. The Balaban J connectivity index is 2.65. The van der Waals surface area contributed by atoms with Crippen LogP contribution in [0, 0.1) is 5.41 Å². The number of nitrogens with one attached hydrogen (secondary N) is 1. The quantitative estimate of drug-likeness (QED) is 0.844. The lowest BCUT2D eigenvalue weighted by atomic mass is 9.86. The second-order valence-electron chi connectivity index (χ2n) is 5.52. The molecule has 4 nitrogen and oxygen atoms in total. The topological polar surface area (TPSA) is 59.2 Å². The number of carbonyl (C=O) groups is 1. The molecule has 1 aromatic heterocycles. The van der Waals surface area contributed by atoms with Crippen LogP contribution in [0.1, 0.15) is 31.1 Å². The Morgan fingerprint density at radius 3 is 2.53 bits per heavy atom. The lowest BCUT2D eigenvalue weighted by Gasteiger charge is -2.16. The zero-order valence-corrected chi connectivity index (χ0v) is 11.5. The summed E-state index contributed by atoms with van der Waals surface area (Å²) in [5.74, 6) is 0.504. The van der Waals surface area contributed by atoms with Crippen LogP contribution in [0.15, 0.2) is 29.2 Å². The number of carbonyl (C=O) groups excluding carboxylic acids is 1. The molecule has 0 aliphatic heterocycles. The first kappa shape index (κ1) is 13.3. The van der Waals surface area contributed by atoms with Crippen molar-refractivity contribution in [3.63, 3.8) is 0 Å². The number of methoxy groups -OCH3 is 1. The van der Waals surface area contributed by atoms with E-state index >= 15 is 0 Å². The van der Waals surface area contributed by atoms with Crippen LogP contribution < -0.4 is 10.2 Å². The lowest BCUT2D eigenvalue weighted by Crippen LogP contribution is -2.26. The monoisotopic (exact) mass is 259 g/mol. The summed E-state index contributed by atoms with van der Waals surface area (Å²) in [4.78, 5) is 27.5. The minimum atomic E-state index is -0.576. The van der Waals surface area contributed by atoms with E-state index in [1.54, 1.807) is 46.1 Å². The number of pyridine rings is 1. The van der Waals surface area contributed by atoms with Crippen molar-refractivity contribution in [1.82, 2.24) is 4.98 Å². The van der Waals surface area contributed by atoms with Gasteiger partial charge in [0.25, 0.3) is 0 Å². The molecule has 2 aromatic rings. The van der Waals surface area contributed by atoms with E-state index in [4.69, 9.17) is 4.74 Å². The van der Waals surface area contributed by atoms with Crippen molar-refractivity contribution in [3.05, 3.63) is 40.2 Å². The number of H-pyrrole nitrogens is 1. The third kappa shape index (κ3) is 2.38. The molecule has 0 saturated heterocycles. The van der Waals surface area contributed by atoms with E-state index in [1.165, 1.54) is 6.20 Å². The molecule has 0 amide bonds. The molecule has 19 heavy (non-hydrogen) atoms. The molecule has 0 aliphatic carbocycles. The average Bonchev–Trinajstić information content (AvgIpc) is 2.37. The van der Waals surface area contributed by atoms with Gasteiger partial charge in [0, 0.05) is 23.1 Å². The molecule has 1 aromatic carbocycles. The summed E-state index contributed by atoms with van der Waals surface area (Å²) in [6.45, 7) is 5.40. The molecule has 0 fully saturated rings. The molecule has 0 saturated carbocycles. The van der Waals surface area contributed by atoms with Crippen molar-refractivity contribution < 1.29 is 9.53 Å². The summed E-state index contributed by atoms with van der Waals surface area (Å²) in [6, 6.07) is 5.12. The van der Waals surface area contributed by atoms with Crippen molar-refractivity contribution in [2.75, 3.05) is 7.11 Å². The van der Waals surface area contributed by atoms with Crippen molar-refractivity contribution >= 4 is 16.7 Å². The van der Waals surface area contributed by atoms with Crippen molar-refractivity contribution in [2.45, 2.75) is 20.8 Å².